The molecule has 1 amide bonds. The number of oxime groups is 1. The number of methoxy groups -OCH3 is 1. The number of amides is 1. The highest BCUT2D eigenvalue weighted by molar-refractivity contribution is 5.94. The highest BCUT2D eigenvalue weighted by Gasteiger charge is 2.39. The van der Waals surface area contributed by atoms with Crippen molar-refractivity contribution in [1.29, 1.82) is 0 Å². The van der Waals surface area contributed by atoms with E-state index < -0.39 is 5.54 Å². The van der Waals surface area contributed by atoms with Crippen LogP contribution in [0, 0.1) is 5.92 Å². The van der Waals surface area contributed by atoms with E-state index in [0.717, 1.165) is 25.7 Å². The predicted molar refractivity (Wildman–Crippen MR) is 73.0 cm³/mol. The summed E-state index contributed by atoms with van der Waals surface area (Å²) in [5.74, 6) is 0.655. The molecule has 6 heteroatoms. The molecule has 0 saturated heterocycles. The van der Waals surface area contributed by atoms with Gasteiger partial charge in [-0.05, 0) is 38.0 Å². The zero-order valence-electron chi connectivity index (χ0n) is 11.8. The standard InChI is InChI=1S/C13H25N3O3/c1-10-5-7-13(8-6-10,12(14)16-18)15-11(17)4-3-9-19-2/h10,18H,3-9H2,1-2H3,(H2,14,16)(H,15,17). The Balaban J connectivity index is 2.63. The monoisotopic (exact) mass is 271 g/mol. The number of amidine groups is 1. The first-order chi connectivity index (χ1) is 9.04. The van der Waals surface area contributed by atoms with Gasteiger partial charge in [-0.1, -0.05) is 12.1 Å². The number of carbonyl (C=O) groups is 1. The van der Waals surface area contributed by atoms with E-state index in [4.69, 9.17) is 15.7 Å². The molecule has 1 saturated carbocycles. The van der Waals surface area contributed by atoms with Crippen molar-refractivity contribution in [1.82, 2.24) is 5.32 Å². The molecule has 1 fully saturated rings. The van der Waals surface area contributed by atoms with Crippen LogP contribution in [0.2, 0.25) is 0 Å². The number of nitrogens with zero attached hydrogens (tertiary/aromatic N) is 1. The minimum absolute atomic E-state index is 0.0711. The second-order valence-corrected chi connectivity index (χ2v) is 5.39. The summed E-state index contributed by atoms with van der Waals surface area (Å²) in [4.78, 5) is 11.9. The molecule has 1 aliphatic rings. The number of nitrogens with two attached hydrogens (primary N) is 1. The fraction of sp³-hybridized carbons (Fsp3) is 0.846. The van der Waals surface area contributed by atoms with E-state index in [1.165, 1.54) is 0 Å². The van der Waals surface area contributed by atoms with Crippen molar-refractivity contribution >= 4 is 11.7 Å². The van der Waals surface area contributed by atoms with Gasteiger partial charge in [-0.2, -0.15) is 0 Å². The van der Waals surface area contributed by atoms with Gasteiger partial charge in [0.25, 0.3) is 0 Å². The van der Waals surface area contributed by atoms with Gasteiger partial charge in [0, 0.05) is 20.1 Å². The molecule has 1 aliphatic carbocycles. The van der Waals surface area contributed by atoms with Crippen LogP contribution in [0.15, 0.2) is 5.16 Å². The Morgan fingerprint density at radius 3 is 2.68 bits per heavy atom. The van der Waals surface area contributed by atoms with Gasteiger partial charge >= 0.3 is 0 Å². The Morgan fingerprint density at radius 1 is 1.53 bits per heavy atom. The van der Waals surface area contributed by atoms with E-state index in [9.17, 15) is 4.79 Å². The molecule has 0 radical (unpaired) electrons. The van der Waals surface area contributed by atoms with Crippen LogP contribution in [0.1, 0.15) is 45.4 Å². The summed E-state index contributed by atoms with van der Waals surface area (Å²) in [5, 5.41) is 15.0. The van der Waals surface area contributed by atoms with Crippen LogP contribution in [0.3, 0.4) is 0 Å². The highest BCUT2D eigenvalue weighted by Crippen LogP contribution is 2.32. The lowest BCUT2D eigenvalue weighted by Gasteiger charge is -2.39. The summed E-state index contributed by atoms with van der Waals surface area (Å²) < 4.78 is 4.92. The van der Waals surface area contributed by atoms with Crippen LogP contribution in [-0.2, 0) is 9.53 Å². The maximum absolute atomic E-state index is 11.9. The lowest BCUT2D eigenvalue weighted by molar-refractivity contribution is -0.123. The maximum atomic E-state index is 11.9. The van der Waals surface area contributed by atoms with Gasteiger partial charge in [0.2, 0.25) is 5.91 Å². The molecular formula is C13H25N3O3. The smallest absolute Gasteiger partial charge is 0.220 e. The molecule has 0 aromatic rings. The average Bonchev–Trinajstić information content (AvgIpc) is 2.41. The summed E-state index contributed by atoms with van der Waals surface area (Å²) >= 11 is 0. The molecule has 19 heavy (non-hydrogen) atoms. The van der Waals surface area contributed by atoms with E-state index in [2.05, 4.69) is 17.4 Å². The van der Waals surface area contributed by atoms with Gasteiger partial charge in [0.1, 0.15) is 5.54 Å². The van der Waals surface area contributed by atoms with Crippen molar-refractivity contribution in [2.24, 2.45) is 16.8 Å². The third kappa shape index (κ3) is 4.38. The van der Waals surface area contributed by atoms with E-state index in [1.54, 1.807) is 7.11 Å². The van der Waals surface area contributed by atoms with E-state index in [1.807, 2.05) is 0 Å². The zero-order valence-corrected chi connectivity index (χ0v) is 11.8. The zero-order chi connectivity index (χ0) is 14.3. The molecule has 1 rings (SSSR count). The summed E-state index contributed by atoms with van der Waals surface area (Å²) in [7, 11) is 1.61. The molecule has 0 spiro atoms. The summed E-state index contributed by atoms with van der Waals surface area (Å²) in [5.41, 5.74) is 5.12. The lowest BCUT2D eigenvalue weighted by atomic mass is 9.76. The molecule has 4 N–H and O–H groups in total. The van der Waals surface area contributed by atoms with E-state index in [-0.39, 0.29) is 11.7 Å². The first-order valence-electron chi connectivity index (χ1n) is 6.82. The Bertz CT molecular complexity index is 323. The van der Waals surface area contributed by atoms with Gasteiger partial charge in [-0.3, -0.25) is 4.79 Å². The SMILES string of the molecule is COCCCC(=O)NC1(C(N)=NO)CCC(C)CC1. The number of ether oxygens (including phenoxy) is 1. The third-order valence-electron chi connectivity index (χ3n) is 3.86. The normalized spacial score (nSPS) is 28.1. The molecule has 0 bridgehead atoms. The van der Waals surface area contributed by atoms with Crippen molar-refractivity contribution in [3.8, 4) is 0 Å². The van der Waals surface area contributed by atoms with Crippen molar-refractivity contribution < 1.29 is 14.7 Å². The topological polar surface area (TPSA) is 96.9 Å². The lowest BCUT2D eigenvalue weighted by Crippen LogP contribution is -2.59. The number of hydrogen-bond acceptors (Lipinski definition) is 4. The minimum Gasteiger partial charge on any atom is -0.409 e. The minimum atomic E-state index is -0.675. The van der Waals surface area contributed by atoms with E-state index in [0.29, 0.717) is 25.4 Å². The molecule has 0 aromatic carbocycles. The number of rotatable bonds is 6. The average molecular weight is 271 g/mol. The Hall–Kier alpha value is -1.30. The Labute approximate surface area is 114 Å². The highest BCUT2D eigenvalue weighted by atomic mass is 16.5. The van der Waals surface area contributed by atoms with Gasteiger partial charge in [0.05, 0.1) is 0 Å². The van der Waals surface area contributed by atoms with Crippen molar-refractivity contribution in [3.63, 3.8) is 0 Å². The van der Waals surface area contributed by atoms with Crippen molar-refractivity contribution in [3.05, 3.63) is 0 Å². The molecule has 0 aliphatic heterocycles. The second kappa shape index (κ2) is 7.33. The molecule has 6 nitrogen and oxygen atoms in total. The quantitative estimate of drug-likeness (QED) is 0.222. The van der Waals surface area contributed by atoms with Crippen molar-refractivity contribution in [2.45, 2.75) is 51.0 Å². The summed E-state index contributed by atoms with van der Waals surface area (Å²) in [6.45, 7) is 2.73. The first kappa shape index (κ1) is 15.8. The number of nitrogens with one attached hydrogen (secondary N) is 1. The van der Waals surface area contributed by atoms with Crippen LogP contribution in [0.25, 0.3) is 0 Å². The fourth-order valence-corrected chi connectivity index (χ4v) is 2.50. The Morgan fingerprint density at radius 2 is 2.16 bits per heavy atom. The van der Waals surface area contributed by atoms with Crippen LogP contribution < -0.4 is 11.1 Å². The molecule has 0 aromatic heterocycles. The summed E-state index contributed by atoms with van der Waals surface area (Å²) in [6, 6.07) is 0. The van der Waals surface area contributed by atoms with Crippen LogP contribution >= 0.6 is 0 Å². The maximum Gasteiger partial charge on any atom is 0.220 e. The fourth-order valence-electron chi connectivity index (χ4n) is 2.50. The Kier molecular flexibility index (Phi) is 6.08. The van der Waals surface area contributed by atoms with Crippen molar-refractivity contribution in [2.75, 3.05) is 13.7 Å². The van der Waals surface area contributed by atoms with E-state index >= 15 is 0 Å². The van der Waals surface area contributed by atoms with Gasteiger partial charge < -0.3 is 21.0 Å². The molecule has 110 valence electrons. The summed E-state index contributed by atoms with van der Waals surface area (Å²) in [6.07, 6.45) is 4.44. The van der Waals surface area contributed by atoms with Gasteiger partial charge in [-0.15, -0.1) is 0 Å². The van der Waals surface area contributed by atoms with Gasteiger partial charge in [-0.25, -0.2) is 0 Å². The van der Waals surface area contributed by atoms with Crippen LogP contribution in [0.4, 0.5) is 0 Å². The largest absolute Gasteiger partial charge is 0.409 e. The predicted octanol–water partition coefficient (Wildman–Crippen LogP) is 1.22. The van der Waals surface area contributed by atoms with Crippen LogP contribution in [0.5, 0.6) is 0 Å². The second-order valence-electron chi connectivity index (χ2n) is 5.39. The van der Waals surface area contributed by atoms with Crippen LogP contribution in [-0.4, -0.2) is 36.2 Å². The molecule has 0 atom stereocenters. The third-order valence-corrected chi connectivity index (χ3v) is 3.86. The molecular weight excluding hydrogens is 246 g/mol. The number of hydrogen-bond donors (Lipinski definition) is 3. The molecule has 0 heterocycles. The number of carbonyl (C=O) groups excluding carboxylic acids is 1. The first-order valence-corrected chi connectivity index (χ1v) is 6.82. The van der Waals surface area contributed by atoms with Gasteiger partial charge in [0.15, 0.2) is 5.84 Å². The molecule has 0 unspecified atom stereocenters.